The van der Waals surface area contributed by atoms with E-state index in [9.17, 15) is 4.79 Å². The van der Waals surface area contributed by atoms with Gasteiger partial charge in [-0.05, 0) is 25.7 Å². The van der Waals surface area contributed by atoms with E-state index < -0.39 is 0 Å². The molecule has 1 aliphatic rings. The van der Waals surface area contributed by atoms with Gasteiger partial charge in [-0.1, -0.05) is 46.0 Å². The zero-order chi connectivity index (χ0) is 13.4. The fourth-order valence-corrected chi connectivity index (χ4v) is 2.63. The Balaban J connectivity index is 2.38. The Morgan fingerprint density at radius 3 is 2.11 bits per heavy atom. The van der Waals surface area contributed by atoms with Gasteiger partial charge in [0.05, 0.1) is 0 Å². The summed E-state index contributed by atoms with van der Waals surface area (Å²) in [5.74, 6) is 0.455. The number of amides is 1. The summed E-state index contributed by atoms with van der Waals surface area (Å²) < 4.78 is 0. The first-order valence-corrected chi connectivity index (χ1v) is 7.68. The molecule has 0 saturated heterocycles. The lowest BCUT2D eigenvalue weighted by Gasteiger charge is -2.28. The van der Waals surface area contributed by atoms with Crippen molar-refractivity contribution in [2.45, 2.75) is 77.2 Å². The lowest BCUT2D eigenvalue weighted by atomic mass is 9.89. The molecular formula is C15H30N2O. The third-order valence-electron chi connectivity index (χ3n) is 4.50. The second-order valence-electron chi connectivity index (χ2n) is 5.83. The Morgan fingerprint density at radius 1 is 1.11 bits per heavy atom. The first-order chi connectivity index (χ1) is 8.61. The van der Waals surface area contributed by atoms with Crippen LogP contribution in [0.3, 0.4) is 0 Å². The van der Waals surface area contributed by atoms with Crippen molar-refractivity contribution in [2.75, 3.05) is 6.54 Å². The smallest absolute Gasteiger partial charge is 0.223 e. The van der Waals surface area contributed by atoms with Gasteiger partial charge in [-0.25, -0.2) is 0 Å². The zero-order valence-electron chi connectivity index (χ0n) is 12.1. The highest BCUT2D eigenvalue weighted by Gasteiger charge is 2.24. The normalized spacial score (nSPS) is 19.1. The van der Waals surface area contributed by atoms with E-state index in [-0.39, 0.29) is 17.4 Å². The van der Waals surface area contributed by atoms with Crippen LogP contribution in [-0.2, 0) is 4.79 Å². The predicted octanol–water partition coefficient (Wildman–Crippen LogP) is 2.98. The second-order valence-corrected chi connectivity index (χ2v) is 5.83. The molecule has 0 aromatic heterocycles. The fourth-order valence-electron chi connectivity index (χ4n) is 2.63. The Labute approximate surface area is 112 Å². The molecule has 0 unspecified atom stereocenters. The van der Waals surface area contributed by atoms with Crippen LogP contribution in [0.2, 0.25) is 0 Å². The van der Waals surface area contributed by atoms with Crippen molar-refractivity contribution in [1.29, 1.82) is 0 Å². The van der Waals surface area contributed by atoms with Crippen molar-refractivity contribution in [3.8, 4) is 0 Å². The number of carbonyl (C=O) groups is 1. The van der Waals surface area contributed by atoms with Crippen LogP contribution in [0.5, 0.6) is 0 Å². The largest absolute Gasteiger partial charge is 0.354 e. The minimum atomic E-state index is -0.225. The lowest BCUT2D eigenvalue weighted by Crippen LogP contribution is -2.50. The van der Waals surface area contributed by atoms with E-state index in [1.165, 1.54) is 32.1 Å². The monoisotopic (exact) mass is 254 g/mol. The van der Waals surface area contributed by atoms with Gasteiger partial charge in [0.15, 0.2) is 0 Å². The van der Waals surface area contributed by atoms with E-state index in [4.69, 9.17) is 5.73 Å². The molecule has 1 rings (SSSR count). The molecule has 0 atom stereocenters. The van der Waals surface area contributed by atoms with Crippen molar-refractivity contribution >= 4 is 5.91 Å². The van der Waals surface area contributed by atoms with E-state index in [1.54, 1.807) is 0 Å². The van der Waals surface area contributed by atoms with Crippen LogP contribution in [0.15, 0.2) is 0 Å². The van der Waals surface area contributed by atoms with Crippen molar-refractivity contribution in [1.82, 2.24) is 5.32 Å². The maximum absolute atomic E-state index is 12.2. The Kier molecular flexibility index (Phi) is 6.69. The first-order valence-electron chi connectivity index (χ1n) is 7.68. The molecule has 1 fully saturated rings. The minimum Gasteiger partial charge on any atom is -0.354 e. The molecule has 0 aliphatic heterocycles. The van der Waals surface area contributed by atoms with Crippen LogP contribution in [0.1, 0.15) is 71.6 Å². The third-order valence-corrected chi connectivity index (χ3v) is 4.50. The van der Waals surface area contributed by atoms with Crippen LogP contribution >= 0.6 is 0 Å². The Hall–Kier alpha value is -0.570. The van der Waals surface area contributed by atoms with Gasteiger partial charge in [-0.15, -0.1) is 0 Å². The number of hydrogen-bond donors (Lipinski definition) is 2. The highest BCUT2D eigenvalue weighted by Crippen LogP contribution is 2.22. The Bertz CT molecular complexity index is 241. The van der Waals surface area contributed by atoms with Crippen molar-refractivity contribution in [2.24, 2.45) is 11.7 Å². The van der Waals surface area contributed by atoms with E-state index >= 15 is 0 Å². The first kappa shape index (κ1) is 15.5. The van der Waals surface area contributed by atoms with Gasteiger partial charge in [0.1, 0.15) is 0 Å². The summed E-state index contributed by atoms with van der Waals surface area (Å²) in [4.78, 5) is 12.2. The average molecular weight is 254 g/mol. The van der Waals surface area contributed by atoms with E-state index in [2.05, 4.69) is 19.2 Å². The number of nitrogens with two attached hydrogens (primary N) is 1. The van der Waals surface area contributed by atoms with Gasteiger partial charge in [0, 0.05) is 18.0 Å². The molecule has 0 bridgehead atoms. The molecule has 0 heterocycles. The molecule has 1 amide bonds. The van der Waals surface area contributed by atoms with Crippen molar-refractivity contribution in [3.63, 3.8) is 0 Å². The predicted molar refractivity (Wildman–Crippen MR) is 76.3 cm³/mol. The quantitative estimate of drug-likeness (QED) is 0.792. The van der Waals surface area contributed by atoms with Gasteiger partial charge in [0.25, 0.3) is 0 Å². The number of carbonyl (C=O) groups excluding carboxylic acids is 1. The number of nitrogens with one attached hydrogen (secondary N) is 1. The Morgan fingerprint density at radius 2 is 1.61 bits per heavy atom. The van der Waals surface area contributed by atoms with Crippen molar-refractivity contribution in [3.05, 3.63) is 0 Å². The summed E-state index contributed by atoms with van der Waals surface area (Å²) in [7, 11) is 0. The molecule has 106 valence electrons. The summed E-state index contributed by atoms with van der Waals surface area (Å²) in [6.07, 6.45) is 10.3. The molecule has 3 heteroatoms. The van der Waals surface area contributed by atoms with Crippen LogP contribution < -0.4 is 11.1 Å². The van der Waals surface area contributed by atoms with Crippen LogP contribution in [0.4, 0.5) is 0 Å². The zero-order valence-corrected chi connectivity index (χ0v) is 12.1. The third kappa shape index (κ3) is 4.97. The molecule has 3 N–H and O–H groups in total. The molecule has 1 saturated carbocycles. The summed E-state index contributed by atoms with van der Waals surface area (Å²) in [5, 5.41) is 3.08. The van der Waals surface area contributed by atoms with Crippen molar-refractivity contribution < 1.29 is 4.79 Å². The summed E-state index contributed by atoms with van der Waals surface area (Å²) in [5.41, 5.74) is 5.99. The molecule has 0 radical (unpaired) electrons. The molecule has 0 aromatic carbocycles. The molecule has 3 nitrogen and oxygen atoms in total. The molecule has 0 aromatic rings. The molecule has 0 spiro atoms. The molecular weight excluding hydrogens is 224 g/mol. The summed E-state index contributed by atoms with van der Waals surface area (Å²) in [6, 6.07) is 0. The van der Waals surface area contributed by atoms with Crippen LogP contribution in [-0.4, -0.2) is 18.0 Å². The molecule has 18 heavy (non-hydrogen) atoms. The lowest BCUT2D eigenvalue weighted by molar-refractivity contribution is -0.125. The molecule has 1 aliphatic carbocycles. The number of hydrogen-bond acceptors (Lipinski definition) is 2. The highest BCUT2D eigenvalue weighted by molar-refractivity contribution is 5.78. The highest BCUT2D eigenvalue weighted by atomic mass is 16.1. The van der Waals surface area contributed by atoms with Crippen LogP contribution in [0.25, 0.3) is 0 Å². The SMILES string of the molecule is CCC(N)(CC)CNC(=O)C1CCCCCCC1. The minimum absolute atomic E-state index is 0.225. The van der Waals surface area contributed by atoms with Gasteiger partial charge in [-0.3, -0.25) is 4.79 Å². The maximum atomic E-state index is 12.2. The van der Waals surface area contributed by atoms with E-state index in [0.717, 1.165) is 25.7 Å². The van der Waals surface area contributed by atoms with Gasteiger partial charge in [-0.2, -0.15) is 0 Å². The summed E-state index contributed by atoms with van der Waals surface area (Å²) in [6.45, 7) is 4.80. The van der Waals surface area contributed by atoms with E-state index in [0.29, 0.717) is 6.54 Å². The topological polar surface area (TPSA) is 55.1 Å². The maximum Gasteiger partial charge on any atom is 0.223 e. The standard InChI is InChI=1S/C15H30N2O/c1-3-15(16,4-2)12-17-14(18)13-10-8-6-5-7-9-11-13/h13H,3-12,16H2,1-2H3,(H,17,18). The fraction of sp³-hybridized carbons (Fsp3) is 0.933. The second kappa shape index (κ2) is 7.78. The average Bonchev–Trinajstić information content (AvgIpc) is 2.35. The van der Waals surface area contributed by atoms with E-state index in [1.807, 2.05) is 0 Å². The summed E-state index contributed by atoms with van der Waals surface area (Å²) >= 11 is 0. The van der Waals surface area contributed by atoms with Gasteiger partial charge < -0.3 is 11.1 Å². The van der Waals surface area contributed by atoms with Gasteiger partial charge >= 0.3 is 0 Å². The van der Waals surface area contributed by atoms with Crippen LogP contribution in [0, 0.1) is 5.92 Å². The number of rotatable bonds is 5. The van der Waals surface area contributed by atoms with Gasteiger partial charge in [0.2, 0.25) is 5.91 Å².